The van der Waals surface area contributed by atoms with Gasteiger partial charge in [0.05, 0.1) is 13.0 Å². The minimum atomic E-state index is -0.237. The molecule has 0 aliphatic rings. The van der Waals surface area contributed by atoms with Crippen molar-refractivity contribution in [2.45, 2.75) is 64.7 Å². The normalized spacial score (nSPS) is 12.0. The summed E-state index contributed by atoms with van der Waals surface area (Å²) in [5.74, 6) is -0.416. The number of unbranched alkanes of at least 4 members (excludes halogenated alkanes) is 3. The first-order chi connectivity index (χ1) is 13.2. The van der Waals surface area contributed by atoms with Gasteiger partial charge in [0.15, 0.2) is 0 Å². The molecule has 0 fully saturated rings. The van der Waals surface area contributed by atoms with Gasteiger partial charge in [0.25, 0.3) is 0 Å². The van der Waals surface area contributed by atoms with Gasteiger partial charge in [-0.2, -0.15) is 0 Å². The second-order valence-electron chi connectivity index (χ2n) is 7.08. The number of hydrogen-bond donors (Lipinski definition) is 0. The standard InChI is InChI=1S/C24H31FO2/c1-3-5-8-13-20(18-24(26)27-16-6-4-2)21-14-15-22(23(25)17-21)19-11-9-7-10-12-19/h7,9-12,14-15,17,20H,3-6,8,13,16,18H2,1-2H3. The summed E-state index contributed by atoms with van der Waals surface area (Å²) in [7, 11) is 0. The van der Waals surface area contributed by atoms with Crippen LogP contribution in [0, 0.1) is 5.82 Å². The van der Waals surface area contributed by atoms with E-state index in [1.165, 1.54) is 0 Å². The molecule has 0 saturated carbocycles. The topological polar surface area (TPSA) is 26.3 Å². The molecule has 0 aliphatic carbocycles. The highest BCUT2D eigenvalue weighted by molar-refractivity contribution is 5.71. The lowest BCUT2D eigenvalue weighted by atomic mass is 9.89. The zero-order chi connectivity index (χ0) is 19.5. The van der Waals surface area contributed by atoms with Crippen LogP contribution >= 0.6 is 0 Å². The number of carbonyl (C=O) groups is 1. The summed E-state index contributed by atoms with van der Waals surface area (Å²) in [6.45, 7) is 4.69. The Morgan fingerprint density at radius 3 is 2.41 bits per heavy atom. The maximum atomic E-state index is 14.8. The lowest BCUT2D eigenvalue weighted by Gasteiger charge is -2.18. The van der Waals surface area contributed by atoms with E-state index < -0.39 is 0 Å². The first-order valence-electron chi connectivity index (χ1n) is 10.2. The fourth-order valence-corrected chi connectivity index (χ4v) is 3.25. The van der Waals surface area contributed by atoms with Gasteiger partial charge in [-0.25, -0.2) is 4.39 Å². The van der Waals surface area contributed by atoms with Gasteiger partial charge in [-0.15, -0.1) is 0 Å². The van der Waals surface area contributed by atoms with Crippen molar-refractivity contribution >= 4 is 5.97 Å². The van der Waals surface area contributed by atoms with Gasteiger partial charge in [-0.1, -0.05) is 82.0 Å². The van der Waals surface area contributed by atoms with Crippen LogP contribution in [0.1, 0.15) is 70.3 Å². The van der Waals surface area contributed by atoms with E-state index >= 15 is 0 Å². The van der Waals surface area contributed by atoms with Crippen LogP contribution in [0.2, 0.25) is 0 Å². The Balaban J connectivity index is 2.13. The van der Waals surface area contributed by atoms with Crippen LogP contribution in [0.4, 0.5) is 4.39 Å². The second-order valence-corrected chi connectivity index (χ2v) is 7.08. The summed E-state index contributed by atoms with van der Waals surface area (Å²) in [6, 6.07) is 14.9. The van der Waals surface area contributed by atoms with Crippen molar-refractivity contribution in [1.29, 1.82) is 0 Å². The molecular weight excluding hydrogens is 339 g/mol. The molecule has 27 heavy (non-hydrogen) atoms. The monoisotopic (exact) mass is 370 g/mol. The number of carbonyl (C=O) groups excluding carboxylic acids is 1. The maximum absolute atomic E-state index is 14.8. The van der Waals surface area contributed by atoms with Gasteiger partial charge in [0.2, 0.25) is 0 Å². The SMILES string of the molecule is CCCCCC(CC(=O)OCCCC)c1ccc(-c2ccccc2)c(F)c1. The molecule has 0 heterocycles. The predicted molar refractivity (Wildman–Crippen MR) is 109 cm³/mol. The lowest BCUT2D eigenvalue weighted by molar-refractivity contribution is -0.144. The number of esters is 1. The summed E-state index contributed by atoms with van der Waals surface area (Å²) >= 11 is 0. The first kappa shape index (κ1) is 21.1. The average molecular weight is 371 g/mol. The van der Waals surface area contributed by atoms with Gasteiger partial charge in [-0.3, -0.25) is 4.79 Å². The third-order valence-corrected chi connectivity index (χ3v) is 4.88. The summed E-state index contributed by atoms with van der Waals surface area (Å²) in [5.41, 5.74) is 2.34. The van der Waals surface area contributed by atoms with E-state index in [1.807, 2.05) is 42.5 Å². The maximum Gasteiger partial charge on any atom is 0.306 e. The van der Waals surface area contributed by atoms with E-state index in [-0.39, 0.29) is 17.7 Å². The zero-order valence-corrected chi connectivity index (χ0v) is 16.5. The highest BCUT2D eigenvalue weighted by Crippen LogP contribution is 2.31. The van der Waals surface area contributed by atoms with Crippen molar-refractivity contribution in [1.82, 2.24) is 0 Å². The third kappa shape index (κ3) is 6.82. The Hall–Kier alpha value is -2.16. The summed E-state index contributed by atoms with van der Waals surface area (Å²) in [5, 5.41) is 0. The van der Waals surface area contributed by atoms with Crippen LogP contribution in [-0.4, -0.2) is 12.6 Å². The molecular formula is C24H31FO2. The van der Waals surface area contributed by atoms with Gasteiger partial charge in [-0.05, 0) is 36.0 Å². The zero-order valence-electron chi connectivity index (χ0n) is 16.5. The van der Waals surface area contributed by atoms with Crippen molar-refractivity contribution in [3.8, 4) is 11.1 Å². The number of rotatable bonds is 11. The molecule has 2 nitrogen and oxygen atoms in total. The Labute approximate surface area is 162 Å². The van der Waals surface area contributed by atoms with Crippen molar-refractivity contribution in [3.63, 3.8) is 0 Å². The Morgan fingerprint density at radius 1 is 1.00 bits per heavy atom. The molecule has 146 valence electrons. The van der Waals surface area contributed by atoms with Gasteiger partial charge >= 0.3 is 5.97 Å². The molecule has 0 radical (unpaired) electrons. The molecule has 0 bridgehead atoms. The van der Waals surface area contributed by atoms with Gasteiger partial charge in [0, 0.05) is 5.56 Å². The summed E-state index contributed by atoms with van der Waals surface area (Å²) in [6.07, 6.45) is 6.34. The van der Waals surface area contributed by atoms with Gasteiger partial charge in [0.1, 0.15) is 5.82 Å². The molecule has 3 heteroatoms. The quantitative estimate of drug-likeness (QED) is 0.318. The van der Waals surface area contributed by atoms with E-state index in [9.17, 15) is 9.18 Å². The number of ether oxygens (including phenoxy) is 1. The van der Waals surface area contributed by atoms with Crippen molar-refractivity contribution in [3.05, 3.63) is 59.9 Å². The number of halogens is 1. The number of hydrogen-bond acceptors (Lipinski definition) is 2. The molecule has 0 aliphatic heterocycles. The molecule has 1 atom stereocenters. The van der Waals surface area contributed by atoms with E-state index in [0.717, 1.165) is 49.7 Å². The molecule has 1 unspecified atom stereocenters. The van der Waals surface area contributed by atoms with Crippen LogP contribution in [0.15, 0.2) is 48.5 Å². The molecule has 0 N–H and O–H groups in total. The van der Waals surface area contributed by atoms with E-state index in [4.69, 9.17) is 4.74 Å². The van der Waals surface area contributed by atoms with E-state index in [2.05, 4.69) is 13.8 Å². The predicted octanol–water partition coefficient (Wildman–Crippen LogP) is 6.89. The van der Waals surface area contributed by atoms with Gasteiger partial charge < -0.3 is 4.74 Å². The van der Waals surface area contributed by atoms with Crippen molar-refractivity contribution in [2.24, 2.45) is 0 Å². The molecule has 0 aromatic heterocycles. The first-order valence-corrected chi connectivity index (χ1v) is 10.2. The van der Waals surface area contributed by atoms with E-state index in [1.54, 1.807) is 6.07 Å². The molecule has 0 saturated heterocycles. The minimum absolute atomic E-state index is 0.00463. The molecule has 2 aromatic carbocycles. The Kier molecular flexibility index (Phi) is 9.03. The van der Waals surface area contributed by atoms with Crippen LogP contribution in [0.3, 0.4) is 0 Å². The Morgan fingerprint density at radius 2 is 1.74 bits per heavy atom. The average Bonchev–Trinajstić information content (AvgIpc) is 2.68. The van der Waals surface area contributed by atoms with Crippen LogP contribution in [-0.2, 0) is 9.53 Å². The number of benzene rings is 2. The van der Waals surface area contributed by atoms with Crippen molar-refractivity contribution < 1.29 is 13.9 Å². The smallest absolute Gasteiger partial charge is 0.306 e. The largest absolute Gasteiger partial charge is 0.466 e. The lowest BCUT2D eigenvalue weighted by Crippen LogP contribution is -2.12. The second kappa shape index (κ2) is 11.5. The van der Waals surface area contributed by atoms with Crippen LogP contribution in [0.5, 0.6) is 0 Å². The third-order valence-electron chi connectivity index (χ3n) is 4.88. The molecule has 2 aromatic rings. The highest BCUT2D eigenvalue weighted by atomic mass is 19.1. The summed E-state index contributed by atoms with van der Waals surface area (Å²) < 4.78 is 20.1. The molecule has 0 amide bonds. The fraction of sp³-hybridized carbons (Fsp3) is 0.458. The fourth-order valence-electron chi connectivity index (χ4n) is 3.25. The molecule has 2 rings (SSSR count). The van der Waals surface area contributed by atoms with Crippen molar-refractivity contribution in [2.75, 3.05) is 6.61 Å². The molecule has 0 spiro atoms. The Bertz CT molecular complexity index is 697. The van der Waals surface area contributed by atoms with Crippen LogP contribution < -0.4 is 0 Å². The van der Waals surface area contributed by atoms with Crippen LogP contribution in [0.25, 0.3) is 11.1 Å². The highest BCUT2D eigenvalue weighted by Gasteiger charge is 2.18. The minimum Gasteiger partial charge on any atom is -0.466 e. The summed E-state index contributed by atoms with van der Waals surface area (Å²) in [4.78, 5) is 12.2. The van der Waals surface area contributed by atoms with E-state index in [0.29, 0.717) is 18.6 Å².